The second kappa shape index (κ2) is 7.09. The lowest BCUT2D eigenvalue weighted by molar-refractivity contribution is -0.124. The predicted octanol–water partition coefficient (Wildman–Crippen LogP) is 0.855. The van der Waals surface area contributed by atoms with Crippen LogP contribution in [-0.2, 0) is 9.53 Å². The molecule has 1 aromatic rings. The molecular formula is C14H22N4O2. The van der Waals surface area contributed by atoms with Gasteiger partial charge in [-0.25, -0.2) is 0 Å². The second-order valence-corrected chi connectivity index (χ2v) is 4.76. The van der Waals surface area contributed by atoms with Crippen molar-refractivity contribution in [2.45, 2.75) is 19.4 Å². The Labute approximate surface area is 119 Å². The van der Waals surface area contributed by atoms with Crippen LogP contribution < -0.4 is 15.5 Å². The Balaban J connectivity index is 2.16. The van der Waals surface area contributed by atoms with Crippen LogP contribution in [0.25, 0.3) is 0 Å². The fourth-order valence-corrected chi connectivity index (χ4v) is 2.25. The van der Waals surface area contributed by atoms with E-state index in [0.717, 1.165) is 24.3 Å². The standard InChI is InChI=1S/C14H22N4O2/c1-3-4-17-11-7-12(9-16-8-11)18-5-6-20-10-13(18)14(19)15-2/h7-9,13,17H,3-6,10H2,1-2H3,(H,15,19). The Hall–Kier alpha value is -1.82. The maximum absolute atomic E-state index is 11.9. The first-order valence-corrected chi connectivity index (χ1v) is 7.01. The third kappa shape index (κ3) is 3.39. The average molecular weight is 278 g/mol. The molecule has 0 aromatic carbocycles. The van der Waals surface area contributed by atoms with Crippen molar-refractivity contribution in [3.8, 4) is 0 Å². The SMILES string of the molecule is CCCNc1cncc(N2CCOCC2C(=O)NC)c1. The lowest BCUT2D eigenvalue weighted by Crippen LogP contribution is -2.53. The highest BCUT2D eigenvalue weighted by Crippen LogP contribution is 2.22. The summed E-state index contributed by atoms with van der Waals surface area (Å²) in [7, 11) is 1.65. The monoisotopic (exact) mass is 278 g/mol. The Morgan fingerprint density at radius 3 is 3.15 bits per heavy atom. The fourth-order valence-electron chi connectivity index (χ4n) is 2.25. The molecule has 6 heteroatoms. The number of nitrogens with zero attached hydrogens (tertiary/aromatic N) is 2. The average Bonchev–Trinajstić information content (AvgIpc) is 2.52. The summed E-state index contributed by atoms with van der Waals surface area (Å²) in [6.07, 6.45) is 4.65. The zero-order valence-electron chi connectivity index (χ0n) is 12.1. The minimum atomic E-state index is -0.294. The van der Waals surface area contributed by atoms with Gasteiger partial charge in [-0.2, -0.15) is 0 Å². The van der Waals surface area contributed by atoms with Crippen LogP contribution in [0.15, 0.2) is 18.5 Å². The lowest BCUT2D eigenvalue weighted by Gasteiger charge is -2.36. The van der Waals surface area contributed by atoms with Gasteiger partial charge >= 0.3 is 0 Å². The van der Waals surface area contributed by atoms with Gasteiger partial charge in [0.25, 0.3) is 0 Å². The molecule has 0 radical (unpaired) electrons. The first-order valence-electron chi connectivity index (χ1n) is 7.01. The number of carbonyl (C=O) groups is 1. The van der Waals surface area contributed by atoms with E-state index in [2.05, 4.69) is 22.5 Å². The van der Waals surface area contributed by atoms with E-state index in [1.165, 1.54) is 0 Å². The summed E-state index contributed by atoms with van der Waals surface area (Å²) in [5, 5.41) is 6.00. The zero-order chi connectivity index (χ0) is 14.4. The Morgan fingerprint density at radius 2 is 2.40 bits per heavy atom. The Morgan fingerprint density at radius 1 is 1.55 bits per heavy atom. The molecule has 110 valence electrons. The maximum atomic E-state index is 11.9. The minimum Gasteiger partial charge on any atom is -0.384 e. The highest BCUT2D eigenvalue weighted by Gasteiger charge is 2.29. The normalized spacial score (nSPS) is 18.7. The van der Waals surface area contributed by atoms with E-state index in [0.29, 0.717) is 19.8 Å². The molecule has 1 saturated heterocycles. The molecule has 6 nitrogen and oxygen atoms in total. The van der Waals surface area contributed by atoms with Gasteiger partial charge in [0.2, 0.25) is 5.91 Å². The van der Waals surface area contributed by atoms with Gasteiger partial charge < -0.3 is 20.3 Å². The summed E-state index contributed by atoms with van der Waals surface area (Å²) < 4.78 is 5.41. The van der Waals surface area contributed by atoms with E-state index in [1.54, 1.807) is 19.4 Å². The molecule has 0 aliphatic carbocycles. The first-order chi connectivity index (χ1) is 9.76. The number of hydrogen-bond donors (Lipinski definition) is 2. The summed E-state index contributed by atoms with van der Waals surface area (Å²) in [6, 6.07) is 1.74. The van der Waals surface area contributed by atoms with Crippen molar-refractivity contribution >= 4 is 17.3 Å². The van der Waals surface area contributed by atoms with E-state index in [-0.39, 0.29) is 11.9 Å². The molecule has 1 atom stereocenters. The molecule has 1 aliphatic heterocycles. The van der Waals surface area contributed by atoms with E-state index >= 15 is 0 Å². The summed E-state index contributed by atoms with van der Waals surface area (Å²) in [4.78, 5) is 18.2. The number of anilines is 2. The fraction of sp³-hybridized carbons (Fsp3) is 0.571. The van der Waals surface area contributed by atoms with Gasteiger partial charge in [0.05, 0.1) is 37.0 Å². The molecule has 0 saturated carbocycles. The molecule has 1 aromatic heterocycles. The van der Waals surface area contributed by atoms with Crippen molar-refractivity contribution in [3.63, 3.8) is 0 Å². The quantitative estimate of drug-likeness (QED) is 0.836. The number of aromatic nitrogens is 1. The highest BCUT2D eigenvalue weighted by molar-refractivity contribution is 5.85. The van der Waals surface area contributed by atoms with Gasteiger partial charge in [0.15, 0.2) is 0 Å². The van der Waals surface area contributed by atoms with Gasteiger partial charge in [-0.15, -0.1) is 0 Å². The molecule has 1 amide bonds. The molecule has 1 unspecified atom stereocenters. The summed E-state index contributed by atoms with van der Waals surface area (Å²) in [5.74, 6) is -0.0309. The number of likely N-dealkylation sites (N-methyl/N-ethyl adjacent to an activating group) is 1. The van der Waals surface area contributed by atoms with Crippen molar-refractivity contribution < 1.29 is 9.53 Å². The van der Waals surface area contributed by atoms with Crippen LogP contribution in [0.2, 0.25) is 0 Å². The van der Waals surface area contributed by atoms with E-state index < -0.39 is 0 Å². The van der Waals surface area contributed by atoms with Crippen molar-refractivity contribution in [1.82, 2.24) is 10.3 Å². The van der Waals surface area contributed by atoms with Crippen LogP contribution >= 0.6 is 0 Å². The number of hydrogen-bond acceptors (Lipinski definition) is 5. The molecule has 0 spiro atoms. The zero-order valence-corrected chi connectivity index (χ0v) is 12.1. The number of rotatable bonds is 5. The van der Waals surface area contributed by atoms with Crippen molar-refractivity contribution in [1.29, 1.82) is 0 Å². The number of pyridine rings is 1. The molecule has 1 aliphatic rings. The minimum absolute atomic E-state index is 0.0309. The predicted molar refractivity (Wildman–Crippen MR) is 79.0 cm³/mol. The summed E-state index contributed by atoms with van der Waals surface area (Å²) in [6.45, 7) is 4.75. The van der Waals surface area contributed by atoms with Gasteiger partial charge in [0.1, 0.15) is 6.04 Å². The van der Waals surface area contributed by atoms with Crippen LogP contribution in [0.3, 0.4) is 0 Å². The Kier molecular flexibility index (Phi) is 5.17. The molecule has 20 heavy (non-hydrogen) atoms. The lowest BCUT2D eigenvalue weighted by atomic mass is 10.2. The highest BCUT2D eigenvalue weighted by atomic mass is 16.5. The van der Waals surface area contributed by atoms with Gasteiger partial charge in [0, 0.05) is 20.1 Å². The molecule has 0 bridgehead atoms. The molecule has 2 heterocycles. The largest absolute Gasteiger partial charge is 0.384 e. The van der Waals surface area contributed by atoms with Gasteiger partial charge in [-0.3, -0.25) is 9.78 Å². The summed E-state index contributed by atoms with van der Waals surface area (Å²) >= 11 is 0. The third-order valence-electron chi connectivity index (χ3n) is 3.31. The van der Waals surface area contributed by atoms with Crippen molar-refractivity contribution in [2.75, 3.05) is 43.6 Å². The van der Waals surface area contributed by atoms with E-state index in [4.69, 9.17) is 4.74 Å². The van der Waals surface area contributed by atoms with Crippen LogP contribution in [0.4, 0.5) is 11.4 Å². The summed E-state index contributed by atoms with van der Waals surface area (Å²) in [5.41, 5.74) is 1.93. The van der Waals surface area contributed by atoms with Crippen LogP contribution in [0, 0.1) is 0 Å². The number of amides is 1. The van der Waals surface area contributed by atoms with Crippen LogP contribution in [0.5, 0.6) is 0 Å². The van der Waals surface area contributed by atoms with E-state index in [9.17, 15) is 4.79 Å². The molecule has 1 fully saturated rings. The third-order valence-corrected chi connectivity index (χ3v) is 3.31. The van der Waals surface area contributed by atoms with Gasteiger partial charge in [-0.05, 0) is 12.5 Å². The van der Waals surface area contributed by atoms with E-state index in [1.807, 2.05) is 11.0 Å². The number of morpholine rings is 1. The molecular weight excluding hydrogens is 256 g/mol. The Bertz CT molecular complexity index is 453. The smallest absolute Gasteiger partial charge is 0.244 e. The molecule has 2 rings (SSSR count). The second-order valence-electron chi connectivity index (χ2n) is 4.76. The maximum Gasteiger partial charge on any atom is 0.244 e. The topological polar surface area (TPSA) is 66.5 Å². The number of nitrogens with one attached hydrogen (secondary N) is 2. The van der Waals surface area contributed by atoms with Crippen LogP contribution in [-0.4, -0.2) is 50.3 Å². The van der Waals surface area contributed by atoms with Crippen molar-refractivity contribution in [3.05, 3.63) is 18.5 Å². The van der Waals surface area contributed by atoms with Gasteiger partial charge in [-0.1, -0.05) is 6.92 Å². The first kappa shape index (κ1) is 14.6. The molecule has 2 N–H and O–H groups in total. The number of ether oxygens (including phenoxy) is 1. The van der Waals surface area contributed by atoms with Crippen LogP contribution in [0.1, 0.15) is 13.3 Å². The van der Waals surface area contributed by atoms with Crippen molar-refractivity contribution in [2.24, 2.45) is 0 Å². The number of carbonyl (C=O) groups excluding carboxylic acids is 1.